The number of anilines is 1. The number of halogens is 1. The highest BCUT2D eigenvalue weighted by Gasteiger charge is 2.12. The monoisotopic (exact) mass is 317 g/mol. The van der Waals surface area contributed by atoms with Crippen molar-refractivity contribution >= 4 is 29.3 Å². The van der Waals surface area contributed by atoms with E-state index >= 15 is 0 Å². The van der Waals surface area contributed by atoms with Gasteiger partial charge in [-0.25, -0.2) is 0 Å². The molecule has 0 aliphatic heterocycles. The van der Waals surface area contributed by atoms with E-state index in [1.807, 2.05) is 37.3 Å². The number of aryl methyl sites for hydroxylation is 1. The second-order valence-corrected chi connectivity index (χ2v) is 5.91. The standard InChI is InChI=1S/C17H20ClN3O/c1-12(2)11-21-17(18)15(13(3)20-21)9-10-16(22)19-14-7-5-4-6-8-14/h4-10,12H,11H2,1-3H3,(H,19,22)/b10-9+. The third-order valence-corrected chi connectivity index (χ3v) is 3.49. The van der Waals surface area contributed by atoms with Crippen molar-refractivity contribution in [1.29, 1.82) is 0 Å². The van der Waals surface area contributed by atoms with Crippen molar-refractivity contribution < 1.29 is 4.79 Å². The molecule has 0 saturated heterocycles. The molecule has 2 rings (SSSR count). The molecule has 1 N–H and O–H groups in total. The molecule has 0 spiro atoms. The number of amides is 1. The van der Waals surface area contributed by atoms with Gasteiger partial charge in [0.25, 0.3) is 0 Å². The van der Waals surface area contributed by atoms with Crippen LogP contribution in [0.4, 0.5) is 5.69 Å². The van der Waals surface area contributed by atoms with Gasteiger partial charge < -0.3 is 5.32 Å². The molecule has 0 radical (unpaired) electrons. The summed E-state index contributed by atoms with van der Waals surface area (Å²) in [6, 6.07) is 9.32. The van der Waals surface area contributed by atoms with Gasteiger partial charge in [-0.2, -0.15) is 5.10 Å². The first-order valence-electron chi connectivity index (χ1n) is 7.24. The van der Waals surface area contributed by atoms with Crippen LogP contribution in [0.5, 0.6) is 0 Å². The summed E-state index contributed by atoms with van der Waals surface area (Å²) in [7, 11) is 0. The van der Waals surface area contributed by atoms with E-state index in [0.717, 1.165) is 23.5 Å². The van der Waals surface area contributed by atoms with Crippen LogP contribution in [0.3, 0.4) is 0 Å². The maximum absolute atomic E-state index is 11.9. The molecule has 0 aliphatic carbocycles. The quantitative estimate of drug-likeness (QED) is 0.842. The van der Waals surface area contributed by atoms with Gasteiger partial charge in [-0.1, -0.05) is 43.6 Å². The number of carbonyl (C=O) groups excluding carboxylic acids is 1. The molecule has 1 amide bonds. The van der Waals surface area contributed by atoms with Crippen molar-refractivity contribution in [3.63, 3.8) is 0 Å². The van der Waals surface area contributed by atoms with Crippen LogP contribution in [-0.2, 0) is 11.3 Å². The maximum Gasteiger partial charge on any atom is 0.248 e. The van der Waals surface area contributed by atoms with Gasteiger partial charge in [0.15, 0.2) is 0 Å². The van der Waals surface area contributed by atoms with Crippen LogP contribution in [-0.4, -0.2) is 15.7 Å². The number of hydrogen-bond acceptors (Lipinski definition) is 2. The van der Waals surface area contributed by atoms with E-state index in [-0.39, 0.29) is 5.91 Å². The first kappa shape index (κ1) is 16.3. The van der Waals surface area contributed by atoms with Crippen LogP contribution >= 0.6 is 11.6 Å². The summed E-state index contributed by atoms with van der Waals surface area (Å²) in [5.74, 6) is 0.258. The van der Waals surface area contributed by atoms with Crippen LogP contribution < -0.4 is 5.32 Å². The summed E-state index contributed by atoms with van der Waals surface area (Å²) in [4.78, 5) is 11.9. The molecular weight excluding hydrogens is 298 g/mol. The van der Waals surface area contributed by atoms with Crippen LogP contribution in [0.15, 0.2) is 36.4 Å². The van der Waals surface area contributed by atoms with Crippen LogP contribution in [0.1, 0.15) is 25.1 Å². The molecule has 5 heteroatoms. The first-order chi connectivity index (χ1) is 10.5. The van der Waals surface area contributed by atoms with Gasteiger partial charge >= 0.3 is 0 Å². The highest BCUT2D eigenvalue weighted by Crippen LogP contribution is 2.22. The number of para-hydroxylation sites is 1. The number of rotatable bonds is 5. The van der Waals surface area contributed by atoms with Crippen LogP contribution in [0.2, 0.25) is 5.15 Å². The summed E-state index contributed by atoms with van der Waals surface area (Å²) in [5, 5.41) is 7.77. The van der Waals surface area contributed by atoms with E-state index in [0.29, 0.717) is 11.1 Å². The van der Waals surface area contributed by atoms with Gasteiger partial charge in [0, 0.05) is 23.9 Å². The Hall–Kier alpha value is -2.07. The second kappa shape index (κ2) is 7.27. The van der Waals surface area contributed by atoms with E-state index in [2.05, 4.69) is 24.3 Å². The van der Waals surface area contributed by atoms with Crippen LogP contribution in [0.25, 0.3) is 6.08 Å². The number of hydrogen-bond donors (Lipinski definition) is 1. The Labute approximate surface area is 135 Å². The van der Waals surface area contributed by atoms with E-state index in [4.69, 9.17) is 11.6 Å². The van der Waals surface area contributed by atoms with Gasteiger partial charge in [-0.15, -0.1) is 0 Å². The third-order valence-electron chi connectivity index (χ3n) is 3.09. The molecule has 0 bridgehead atoms. The summed E-state index contributed by atoms with van der Waals surface area (Å²) in [6.07, 6.45) is 3.18. The Morgan fingerprint density at radius 1 is 1.36 bits per heavy atom. The largest absolute Gasteiger partial charge is 0.323 e. The number of nitrogens with zero attached hydrogens (tertiary/aromatic N) is 2. The predicted octanol–water partition coefficient (Wildman–Crippen LogP) is 4.15. The molecule has 0 aliphatic rings. The van der Waals surface area contributed by atoms with Crippen molar-refractivity contribution in [1.82, 2.24) is 9.78 Å². The molecule has 1 aromatic carbocycles. The first-order valence-corrected chi connectivity index (χ1v) is 7.62. The van der Waals surface area contributed by atoms with Crippen molar-refractivity contribution in [2.75, 3.05) is 5.32 Å². The zero-order chi connectivity index (χ0) is 16.1. The minimum absolute atomic E-state index is 0.196. The Kier molecular flexibility index (Phi) is 5.39. The summed E-state index contributed by atoms with van der Waals surface area (Å²) in [6.45, 7) is 6.85. The Bertz CT molecular complexity index is 675. The molecular formula is C17H20ClN3O. The van der Waals surface area contributed by atoms with E-state index < -0.39 is 0 Å². The fraction of sp³-hybridized carbons (Fsp3) is 0.294. The lowest BCUT2D eigenvalue weighted by molar-refractivity contribution is -0.111. The number of nitrogens with one attached hydrogen (secondary N) is 1. The average Bonchev–Trinajstić information content (AvgIpc) is 2.72. The van der Waals surface area contributed by atoms with Gasteiger partial charge in [0.2, 0.25) is 5.91 Å². The predicted molar refractivity (Wildman–Crippen MR) is 90.9 cm³/mol. The van der Waals surface area contributed by atoms with E-state index in [1.165, 1.54) is 6.08 Å². The second-order valence-electron chi connectivity index (χ2n) is 5.55. The minimum Gasteiger partial charge on any atom is -0.323 e. The van der Waals surface area contributed by atoms with Crippen molar-refractivity contribution in [2.45, 2.75) is 27.3 Å². The smallest absolute Gasteiger partial charge is 0.248 e. The topological polar surface area (TPSA) is 46.9 Å². The van der Waals surface area contributed by atoms with Gasteiger partial charge in [-0.05, 0) is 31.1 Å². The lowest BCUT2D eigenvalue weighted by atomic mass is 10.2. The van der Waals surface area contributed by atoms with Crippen molar-refractivity contribution in [3.05, 3.63) is 52.8 Å². The third kappa shape index (κ3) is 4.21. The maximum atomic E-state index is 11.9. The highest BCUT2D eigenvalue weighted by atomic mass is 35.5. The molecule has 0 unspecified atom stereocenters. The molecule has 116 valence electrons. The lowest BCUT2D eigenvalue weighted by Gasteiger charge is -2.05. The number of aromatic nitrogens is 2. The SMILES string of the molecule is Cc1nn(CC(C)C)c(Cl)c1/C=C/C(=O)Nc1ccccc1. The zero-order valence-corrected chi connectivity index (χ0v) is 13.8. The molecule has 0 saturated carbocycles. The Balaban J connectivity index is 2.09. The van der Waals surface area contributed by atoms with Gasteiger partial charge in [-0.3, -0.25) is 9.48 Å². The molecule has 22 heavy (non-hydrogen) atoms. The van der Waals surface area contributed by atoms with Gasteiger partial charge in [0.05, 0.1) is 5.69 Å². The van der Waals surface area contributed by atoms with Crippen LogP contribution in [0, 0.1) is 12.8 Å². The molecule has 1 aromatic heterocycles. The minimum atomic E-state index is -0.196. The summed E-state index contributed by atoms with van der Waals surface area (Å²) in [5.41, 5.74) is 2.36. The molecule has 0 fully saturated rings. The Morgan fingerprint density at radius 2 is 2.05 bits per heavy atom. The van der Waals surface area contributed by atoms with Gasteiger partial charge in [0.1, 0.15) is 5.15 Å². The normalized spacial score (nSPS) is 11.3. The highest BCUT2D eigenvalue weighted by molar-refractivity contribution is 6.31. The fourth-order valence-electron chi connectivity index (χ4n) is 2.09. The summed E-state index contributed by atoms with van der Waals surface area (Å²) >= 11 is 6.33. The molecule has 4 nitrogen and oxygen atoms in total. The Morgan fingerprint density at radius 3 is 2.68 bits per heavy atom. The average molecular weight is 318 g/mol. The fourth-order valence-corrected chi connectivity index (χ4v) is 2.39. The molecule has 2 aromatic rings. The van der Waals surface area contributed by atoms with E-state index in [1.54, 1.807) is 10.8 Å². The number of carbonyl (C=O) groups is 1. The zero-order valence-electron chi connectivity index (χ0n) is 13.0. The van der Waals surface area contributed by atoms with E-state index in [9.17, 15) is 4.79 Å². The lowest BCUT2D eigenvalue weighted by Crippen LogP contribution is -2.07. The molecule has 0 atom stereocenters. The molecule has 1 heterocycles. The van der Waals surface area contributed by atoms with Crippen molar-refractivity contribution in [2.24, 2.45) is 5.92 Å². The summed E-state index contributed by atoms with van der Waals surface area (Å²) < 4.78 is 1.77. The number of benzene rings is 1. The van der Waals surface area contributed by atoms with Crippen molar-refractivity contribution in [3.8, 4) is 0 Å².